The molecule has 29 heavy (non-hydrogen) atoms. The third kappa shape index (κ3) is 9.99. The predicted octanol–water partition coefficient (Wildman–Crippen LogP) is 7.28. The molecule has 0 aliphatic carbocycles. The molecule has 0 N–H and O–H groups in total. The first-order chi connectivity index (χ1) is 13.8. The normalized spacial score (nSPS) is 13.9. The quantitative estimate of drug-likeness (QED) is 0.182. The lowest BCUT2D eigenvalue weighted by Gasteiger charge is -2.32. The Kier molecular flexibility index (Phi) is 11.0. The van der Waals surface area contributed by atoms with Gasteiger partial charge in [0.1, 0.15) is 5.75 Å². The molecule has 0 saturated heterocycles. The number of benzene rings is 1. The van der Waals surface area contributed by atoms with Crippen LogP contribution in [0.25, 0.3) is 6.08 Å². The Morgan fingerprint density at radius 1 is 1.10 bits per heavy atom. The maximum absolute atomic E-state index is 5.93. The second-order valence-corrected chi connectivity index (χ2v) is 8.96. The van der Waals surface area contributed by atoms with Gasteiger partial charge in [-0.05, 0) is 71.1 Å². The van der Waals surface area contributed by atoms with Crippen molar-refractivity contribution in [2.75, 3.05) is 33.3 Å². The maximum atomic E-state index is 5.93. The number of quaternary nitrogens is 1. The Morgan fingerprint density at radius 2 is 1.76 bits per heavy atom. The number of nitrogens with zero attached hydrogens (tertiary/aromatic N) is 1. The lowest BCUT2D eigenvalue weighted by molar-refractivity contribution is -0.906. The SMILES string of the molecule is C=C[C@@](C)(/C=C/c1ccc(OCCCC[N+](C)(CC)CC)cc1)CCC=C(C)C. The molecular formula is C27H44NO+. The van der Waals surface area contributed by atoms with Gasteiger partial charge < -0.3 is 9.22 Å². The Morgan fingerprint density at radius 3 is 2.31 bits per heavy atom. The molecule has 1 rings (SSSR count). The summed E-state index contributed by atoms with van der Waals surface area (Å²) in [5, 5.41) is 0. The summed E-state index contributed by atoms with van der Waals surface area (Å²) in [7, 11) is 2.34. The Hall–Kier alpha value is -1.80. The van der Waals surface area contributed by atoms with Crippen molar-refractivity contribution in [2.24, 2.45) is 5.41 Å². The average Bonchev–Trinajstić information content (AvgIpc) is 2.72. The molecule has 0 aromatic heterocycles. The van der Waals surface area contributed by atoms with Gasteiger partial charge in [-0.1, -0.05) is 48.9 Å². The zero-order valence-electron chi connectivity index (χ0n) is 19.8. The van der Waals surface area contributed by atoms with Crippen LogP contribution in [0.4, 0.5) is 0 Å². The molecule has 0 heterocycles. The summed E-state index contributed by atoms with van der Waals surface area (Å²) >= 11 is 0. The molecule has 0 saturated carbocycles. The van der Waals surface area contributed by atoms with Crippen LogP contribution >= 0.6 is 0 Å². The molecule has 0 aliphatic rings. The molecule has 0 radical (unpaired) electrons. The van der Waals surface area contributed by atoms with Crippen LogP contribution < -0.4 is 4.74 Å². The highest BCUT2D eigenvalue weighted by molar-refractivity contribution is 5.52. The van der Waals surface area contributed by atoms with Crippen LogP contribution in [0.2, 0.25) is 0 Å². The molecule has 0 aliphatic heterocycles. The van der Waals surface area contributed by atoms with E-state index in [0.29, 0.717) is 0 Å². The van der Waals surface area contributed by atoms with Gasteiger partial charge in [0.25, 0.3) is 0 Å². The van der Waals surface area contributed by atoms with Gasteiger partial charge in [0.05, 0.1) is 33.3 Å². The van der Waals surface area contributed by atoms with Gasteiger partial charge in [-0.3, -0.25) is 0 Å². The Labute approximate surface area is 180 Å². The molecular weight excluding hydrogens is 354 g/mol. The first-order valence-corrected chi connectivity index (χ1v) is 11.3. The summed E-state index contributed by atoms with van der Waals surface area (Å²) < 4.78 is 7.08. The van der Waals surface area contributed by atoms with Crippen molar-refractivity contribution >= 4 is 6.08 Å². The van der Waals surface area contributed by atoms with E-state index in [4.69, 9.17) is 4.74 Å². The van der Waals surface area contributed by atoms with Gasteiger partial charge in [0.2, 0.25) is 0 Å². The molecule has 2 nitrogen and oxygen atoms in total. The van der Waals surface area contributed by atoms with E-state index in [1.165, 1.54) is 37.2 Å². The highest BCUT2D eigenvalue weighted by Gasteiger charge is 2.16. The molecule has 0 amide bonds. The second kappa shape index (κ2) is 12.7. The minimum absolute atomic E-state index is 0.0190. The van der Waals surface area contributed by atoms with Crippen LogP contribution in [0.15, 0.2) is 54.6 Å². The highest BCUT2D eigenvalue weighted by atomic mass is 16.5. The molecule has 1 aromatic carbocycles. The Balaban J connectivity index is 2.47. The van der Waals surface area contributed by atoms with E-state index in [2.05, 4.69) is 96.8 Å². The van der Waals surface area contributed by atoms with Gasteiger partial charge in [0, 0.05) is 5.41 Å². The van der Waals surface area contributed by atoms with E-state index in [-0.39, 0.29) is 5.41 Å². The van der Waals surface area contributed by atoms with E-state index in [9.17, 15) is 0 Å². The van der Waals surface area contributed by atoms with E-state index in [0.717, 1.165) is 36.1 Å². The fourth-order valence-corrected chi connectivity index (χ4v) is 3.21. The number of rotatable bonds is 14. The summed E-state index contributed by atoms with van der Waals surface area (Å²) in [5.41, 5.74) is 2.59. The zero-order chi connectivity index (χ0) is 21.8. The number of unbranched alkanes of at least 4 members (excludes halogenated alkanes) is 1. The minimum atomic E-state index is 0.0190. The van der Waals surface area contributed by atoms with Crippen LogP contribution in [-0.2, 0) is 0 Å². The van der Waals surface area contributed by atoms with Gasteiger partial charge in [-0.2, -0.15) is 0 Å². The van der Waals surface area contributed by atoms with Crippen molar-refractivity contribution in [3.05, 3.63) is 60.2 Å². The van der Waals surface area contributed by atoms with Gasteiger partial charge in [0.15, 0.2) is 0 Å². The summed E-state index contributed by atoms with van der Waals surface area (Å²) in [6.07, 6.45) is 13.3. The lowest BCUT2D eigenvalue weighted by Crippen LogP contribution is -2.44. The van der Waals surface area contributed by atoms with Crippen molar-refractivity contribution in [3.8, 4) is 5.75 Å². The predicted molar refractivity (Wildman–Crippen MR) is 129 cm³/mol. The summed E-state index contributed by atoms with van der Waals surface area (Å²) in [6, 6.07) is 8.42. The number of hydrogen-bond donors (Lipinski definition) is 0. The summed E-state index contributed by atoms with van der Waals surface area (Å²) in [5.74, 6) is 0.959. The minimum Gasteiger partial charge on any atom is -0.494 e. The fourth-order valence-electron chi connectivity index (χ4n) is 3.21. The van der Waals surface area contributed by atoms with Crippen molar-refractivity contribution in [2.45, 2.75) is 60.3 Å². The van der Waals surface area contributed by atoms with Crippen LogP contribution in [0, 0.1) is 5.41 Å². The molecule has 0 spiro atoms. The summed E-state index contributed by atoms with van der Waals surface area (Å²) in [6.45, 7) is 19.6. The monoisotopic (exact) mass is 398 g/mol. The first-order valence-electron chi connectivity index (χ1n) is 11.3. The average molecular weight is 399 g/mol. The molecule has 0 fully saturated rings. The van der Waals surface area contributed by atoms with Gasteiger partial charge in [-0.25, -0.2) is 0 Å². The van der Waals surface area contributed by atoms with E-state index in [1.807, 2.05) is 0 Å². The highest BCUT2D eigenvalue weighted by Crippen LogP contribution is 2.28. The third-order valence-electron chi connectivity index (χ3n) is 6.13. The first kappa shape index (κ1) is 25.2. The van der Waals surface area contributed by atoms with Crippen molar-refractivity contribution < 1.29 is 9.22 Å². The molecule has 1 atom stereocenters. The van der Waals surface area contributed by atoms with Gasteiger partial charge >= 0.3 is 0 Å². The standard InChI is InChI=1S/C27H44NO/c1-8-27(6,20-13-14-24(4)5)21-19-25-15-17-26(18-16-25)29-23-12-11-22-28(7,9-2)10-3/h8,14-19,21H,1,9-13,20,22-23H2,2-7H3/q+1/b21-19+/t27-/m1/s1. The van der Waals surface area contributed by atoms with Gasteiger partial charge in [-0.15, -0.1) is 6.58 Å². The fraction of sp³-hybridized carbons (Fsp3) is 0.556. The molecule has 0 bridgehead atoms. The zero-order valence-corrected chi connectivity index (χ0v) is 19.8. The topological polar surface area (TPSA) is 9.23 Å². The number of hydrogen-bond acceptors (Lipinski definition) is 1. The van der Waals surface area contributed by atoms with Crippen LogP contribution in [0.1, 0.15) is 65.9 Å². The van der Waals surface area contributed by atoms with Crippen LogP contribution in [-0.4, -0.2) is 37.8 Å². The van der Waals surface area contributed by atoms with Crippen molar-refractivity contribution in [3.63, 3.8) is 0 Å². The molecule has 0 unspecified atom stereocenters. The largest absolute Gasteiger partial charge is 0.494 e. The molecule has 2 heteroatoms. The lowest BCUT2D eigenvalue weighted by atomic mass is 9.84. The summed E-state index contributed by atoms with van der Waals surface area (Å²) in [4.78, 5) is 0. The van der Waals surface area contributed by atoms with Crippen LogP contribution in [0.3, 0.4) is 0 Å². The van der Waals surface area contributed by atoms with E-state index in [1.54, 1.807) is 0 Å². The van der Waals surface area contributed by atoms with Crippen molar-refractivity contribution in [1.82, 2.24) is 0 Å². The van der Waals surface area contributed by atoms with Crippen molar-refractivity contribution in [1.29, 1.82) is 0 Å². The number of ether oxygens (including phenoxy) is 1. The third-order valence-corrected chi connectivity index (χ3v) is 6.13. The molecule has 1 aromatic rings. The van der Waals surface area contributed by atoms with Crippen LogP contribution in [0.5, 0.6) is 5.75 Å². The Bertz CT molecular complexity index is 648. The second-order valence-electron chi connectivity index (χ2n) is 8.96. The van der Waals surface area contributed by atoms with E-state index >= 15 is 0 Å². The maximum Gasteiger partial charge on any atom is 0.119 e. The van der Waals surface area contributed by atoms with E-state index < -0.39 is 0 Å². The molecule has 162 valence electrons. The smallest absolute Gasteiger partial charge is 0.119 e. The number of allylic oxidation sites excluding steroid dienone is 4.